The van der Waals surface area contributed by atoms with Gasteiger partial charge in [-0.1, -0.05) is 5.16 Å². The molecule has 18 heavy (non-hydrogen) atoms. The fourth-order valence-electron chi connectivity index (χ4n) is 1.49. The Morgan fingerprint density at radius 3 is 2.94 bits per heavy atom. The summed E-state index contributed by atoms with van der Waals surface area (Å²) in [6, 6.07) is 4.71. The number of carbonyl (C=O) groups is 1. The molecule has 0 amide bonds. The van der Waals surface area contributed by atoms with E-state index in [1.165, 1.54) is 12.4 Å². The normalized spacial score (nSPS) is 10.2. The number of carboxylic acid groups (broad SMARTS) is 1. The Kier molecular flexibility index (Phi) is 3.42. The first-order valence-corrected chi connectivity index (χ1v) is 5.29. The molecule has 1 aromatic carbocycles. The number of hydrogen-bond acceptors (Lipinski definition) is 6. The molecule has 4 N–H and O–H groups in total. The molecule has 2 rings (SSSR count). The molecule has 7 nitrogen and oxygen atoms in total. The van der Waals surface area contributed by atoms with Gasteiger partial charge in [-0.05, 0) is 18.2 Å². The minimum atomic E-state index is -1.04. The number of anilines is 2. The Hall–Kier alpha value is -2.57. The van der Waals surface area contributed by atoms with Gasteiger partial charge in [0, 0.05) is 24.3 Å². The van der Waals surface area contributed by atoms with Crippen LogP contribution in [0.15, 0.2) is 29.0 Å². The number of aromatic carboxylic acids is 1. The van der Waals surface area contributed by atoms with Gasteiger partial charge in [-0.3, -0.25) is 0 Å². The second kappa shape index (κ2) is 5.17. The maximum absolute atomic E-state index is 10.8. The van der Waals surface area contributed by atoms with Crippen molar-refractivity contribution in [3.05, 3.63) is 36.0 Å². The summed E-state index contributed by atoms with van der Waals surface area (Å²) >= 11 is 0. The number of rotatable bonds is 5. The van der Waals surface area contributed by atoms with Gasteiger partial charge < -0.3 is 20.7 Å². The van der Waals surface area contributed by atoms with Gasteiger partial charge in [0.2, 0.25) is 5.89 Å². The Morgan fingerprint density at radius 2 is 2.33 bits per heavy atom. The van der Waals surface area contributed by atoms with Crippen LogP contribution in [-0.4, -0.2) is 27.8 Å². The number of aromatic nitrogens is 2. The van der Waals surface area contributed by atoms with E-state index in [2.05, 4.69) is 15.5 Å². The second-order valence-corrected chi connectivity index (χ2v) is 3.62. The van der Waals surface area contributed by atoms with Gasteiger partial charge >= 0.3 is 5.97 Å². The molecule has 0 aliphatic rings. The number of carboxylic acids is 1. The Balaban J connectivity index is 1.94. The van der Waals surface area contributed by atoms with Crippen LogP contribution in [0, 0.1) is 0 Å². The van der Waals surface area contributed by atoms with Gasteiger partial charge in [-0.15, -0.1) is 0 Å². The van der Waals surface area contributed by atoms with E-state index in [1.54, 1.807) is 12.1 Å². The highest BCUT2D eigenvalue weighted by Gasteiger charge is 2.07. The van der Waals surface area contributed by atoms with Gasteiger partial charge in [0.05, 0.1) is 5.56 Å². The van der Waals surface area contributed by atoms with Gasteiger partial charge in [0.1, 0.15) is 0 Å². The molecule has 2 aromatic rings. The lowest BCUT2D eigenvalue weighted by Crippen LogP contribution is -2.07. The zero-order chi connectivity index (χ0) is 13.0. The topological polar surface area (TPSA) is 114 Å². The van der Waals surface area contributed by atoms with Crippen molar-refractivity contribution in [2.24, 2.45) is 0 Å². The summed E-state index contributed by atoms with van der Waals surface area (Å²) in [6.45, 7) is 0.591. The first-order chi connectivity index (χ1) is 8.66. The van der Waals surface area contributed by atoms with Crippen LogP contribution < -0.4 is 11.1 Å². The molecule has 0 aliphatic carbocycles. The highest BCUT2D eigenvalue weighted by molar-refractivity contribution is 5.94. The molecular formula is C11H12N4O3. The van der Waals surface area contributed by atoms with Crippen LogP contribution in [0.4, 0.5) is 11.4 Å². The number of nitrogens with one attached hydrogen (secondary N) is 1. The van der Waals surface area contributed by atoms with E-state index >= 15 is 0 Å². The van der Waals surface area contributed by atoms with Gasteiger partial charge in [-0.25, -0.2) is 4.79 Å². The molecule has 0 bridgehead atoms. The lowest BCUT2D eigenvalue weighted by atomic mass is 10.1. The fraction of sp³-hybridized carbons (Fsp3) is 0.182. The number of nitrogens with two attached hydrogens (primary N) is 1. The SMILES string of the molecule is Nc1cc(NCCc2ncno2)ccc1C(=O)O. The van der Waals surface area contributed by atoms with Crippen LogP contribution in [0.3, 0.4) is 0 Å². The molecule has 0 saturated heterocycles. The van der Waals surface area contributed by atoms with Crippen LogP contribution in [-0.2, 0) is 6.42 Å². The summed E-state index contributed by atoms with van der Waals surface area (Å²) in [5.74, 6) is -0.498. The summed E-state index contributed by atoms with van der Waals surface area (Å²) in [6.07, 6.45) is 1.93. The van der Waals surface area contributed by atoms with Crippen LogP contribution >= 0.6 is 0 Å². The molecule has 0 spiro atoms. The standard InChI is InChI=1S/C11H12N4O3/c12-9-5-7(1-2-8(9)11(16)17)13-4-3-10-14-6-15-18-10/h1-2,5-6,13H,3-4,12H2,(H,16,17). The average molecular weight is 248 g/mol. The Morgan fingerprint density at radius 1 is 1.50 bits per heavy atom. The zero-order valence-electron chi connectivity index (χ0n) is 9.46. The molecule has 1 aromatic heterocycles. The van der Waals surface area contributed by atoms with Crippen LogP contribution in [0.1, 0.15) is 16.2 Å². The third-order valence-corrected chi connectivity index (χ3v) is 2.36. The predicted molar refractivity (Wildman–Crippen MR) is 64.3 cm³/mol. The maximum Gasteiger partial charge on any atom is 0.337 e. The molecule has 0 fully saturated rings. The van der Waals surface area contributed by atoms with Crippen molar-refractivity contribution in [1.29, 1.82) is 0 Å². The summed E-state index contributed by atoms with van der Waals surface area (Å²) in [5.41, 5.74) is 6.70. The van der Waals surface area contributed by atoms with Crippen molar-refractivity contribution in [3.8, 4) is 0 Å². The van der Waals surface area contributed by atoms with E-state index < -0.39 is 5.97 Å². The van der Waals surface area contributed by atoms with Crippen molar-refractivity contribution in [3.63, 3.8) is 0 Å². The van der Waals surface area contributed by atoms with Crippen molar-refractivity contribution >= 4 is 17.3 Å². The molecule has 94 valence electrons. The maximum atomic E-state index is 10.8. The van der Waals surface area contributed by atoms with Crippen LogP contribution in [0.5, 0.6) is 0 Å². The zero-order valence-corrected chi connectivity index (χ0v) is 9.46. The Labute approximate surface area is 103 Å². The lowest BCUT2D eigenvalue weighted by molar-refractivity contribution is 0.0698. The molecule has 0 unspecified atom stereocenters. The van der Waals surface area contributed by atoms with Crippen molar-refractivity contribution in [1.82, 2.24) is 10.1 Å². The molecule has 0 saturated carbocycles. The van der Waals surface area contributed by atoms with E-state index in [9.17, 15) is 4.79 Å². The number of benzene rings is 1. The molecule has 7 heteroatoms. The van der Waals surface area contributed by atoms with E-state index in [4.69, 9.17) is 15.4 Å². The molecule has 0 aliphatic heterocycles. The summed E-state index contributed by atoms with van der Waals surface area (Å²) in [7, 11) is 0. The number of hydrogen-bond donors (Lipinski definition) is 3. The Bertz CT molecular complexity index is 539. The third-order valence-electron chi connectivity index (χ3n) is 2.36. The van der Waals surface area contributed by atoms with E-state index in [0.29, 0.717) is 18.9 Å². The van der Waals surface area contributed by atoms with Crippen LogP contribution in [0.25, 0.3) is 0 Å². The fourth-order valence-corrected chi connectivity index (χ4v) is 1.49. The molecular weight excluding hydrogens is 236 g/mol. The van der Waals surface area contributed by atoms with Gasteiger partial charge in [-0.2, -0.15) is 4.98 Å². The van der Waals surface area contributed by atoms with Crippen molar-refractivity contribution in [2.75, 3.05) is 17.6 Å². The largest absolute Gasteiger partial charge is 0.478 e. The van der Waals surface area contributed by atoms with Crippen molar-refractivity contribution < 1.29 is 14.4 Å². The summed E-state index contributed by atoms with van der Waals surface area (Å²) in [4.78, 5) is 14.7. The summed E-state index contributed by atoms with van der Waals surface area (Å²) < 4.78 is 4.84. The predicted octanol–water partition coefficient (Wildman–Crippen LogP) is 1.00. The van der Waals surface area contributed by atoms with Crippen molar-refractivity contribution in [2.45, 2.75) is 6.42 Å². The molecule has 1 heterocycles. The number of nitrogen functional groups attached to an aromatic ring is 1. The van der Waals surface area contributed by atoms with Crippen LogP contribution in [0.2, 0.25) is 0 Å². The third kappa shape index (κ3) is 2.76. The van der Waals surface area contributed by atoms with E-state index in [0.717, 1.165) is 5.69 Å². The highest BCUT2D eigenvalue weighted by Crippen LogP contribution is 2.17. The monoisotopic (exact) mass is 248 g/mol. The number of nitrogens with zero attached hydrogens (tertiary/aromatic N) is 2. The molecule has 0 atom stereocenters. The second-order valence-electron chi connectivity index (χ2n) is 3.62. The van der Waals surface area contributed by atoms with Gasteiger partial charge in [0.25, 0.3) is 0 Å². The summed E-state index contributed by atoms with van der Waals surface area (Å²) in [5, 5.41) is 15.4. The van der Waals surface area contributed by atoms with Gasteiger partial charge in [0.15, 0.2) is 6.33 Å². The highest BCUT2D eigenvalue weighted by atomic mass is 16.5. The van der Waals surface area contributed by atoms with E-state index in [1.807, 2.05) is 0 Å². The van der Waals surface area contributed by atoms with E-state index in [-0.39, 0.29) is 11.3 Å². The minimum absolute atomic E-state index is 0.0949. The first kappa shape index (κ1) is 11.9. The lowest BCUT2D eigenvalue weighted by Gasteiger charge is -2.07. The molecule has 0 radical (unpaired) electrons. The smallest absolute Gasteiger partial charge is 0.337 e. The average Bonchev–Trinajstić information content (AvgIpc) is 2.81. The minimum Gasteiger partial charge on any atom is -0.478 e. The first-order valence-electron chi connectivity index (χ1n) is 5.29. The quantitative estimate of drug-likeness (QED) is 0.676.